The number of aryl methyl sites for hydroxylation is 1. The highest BCUT2D eigenvalue weighted by atomic mass is 16.6. The lowest BCUT2D eigenvalue weighted by atomic mass is 10.1. The molecule has 5 nitrogen and oxygen atoms in total. The normalized spacial score (nSPS) is 11.5. The van der Waals surface area contributed by atoms with Crippen LogP contribution in [0.2, 0.25) is 0 Å². The Morgan fingerprint density at radius 1 is 1.27 bits per heavy atom. The summed E-state index contributed by atoms with van der Waals surface area (Å²) >= 11 is 0. The highest BCUT2D eigenvalue weighted by molar-refractivity contribution is 5.61. The molecule has 2 rings (SSSR count). The second-order valence-corrected chi connectivity index (χ2v) is 5.17. The van der Waals surface area contributed by atoms with Crippen molar-refractivity contribution < 1.29 is 4.92 Å². The van der Waals surface area contributed by atoms with Crippen molar-refractivity contribution in [3.8, 4) is 6.07 Å². The summed E-state index contributed by atoms with van der Waals surface area (Å²) in [5.41, 5.74) is 2.12. The number of rotatable bonds is 6. The molecule has 0 fully saturated rings. The summed E-state index contributed by atoms with van der Waals surface area (Å²) in [5, 5.41) is 23.1. The number of nitro benzene ring substituents is 1. The van der Waals surface area contributed by atoms with Gasteiger partial charge in [-0.25, -0.2) is 0 Å². The largest absolute Gasteiger partial charge is 0.382 e. The van der Waals surface area contributed by atoms with E-state index in [0.717, 1.165) is 12.8 Å². The predicted octanol–water partition coefficient (Wildman–Crippen LogP) is 3.90. The van der Waals surface area contributed by atoms with E-state index in [-0.39, 0.29) is 11.7 Å². The number of nitriles is 1. The van der Waals surface area contributed by atoms with E-state index in [4.69, 9.17) is 5.26 Å². The smallest absolute Gasteiger partial charge is 0.270 e. The van der Waals surface area contributed by atoms with Crippen molar-refractivity contribution in [3.63, 3.8) is 0 Å². The minimum atomic E-state index is -0.497. The summed E-state index contributed by atoms with van der Waals surface area (Å²) in [5.74, 6) is 0. The topological polar surface area (TPSA) is 79.0 Å². The maximum absolute atomic E-state index is 10.7. The van der Waals surface area contributed by atoms with Crippen molar-refractivity contribution in [1.82, 2.24) is 0 Å². The number of hydrogen-bond donors (Lipinski definition) is 1. The van der Waals surface area contributed by atoms with Crippen LogP contribution in [0.1, 0.15) is 24.5 Å². The van der Waals surface area contributed by atoms with Gasteiger partial charge in [0.15, 0.2) is 0 Å². The molecule has 0 aliphatic rings. The molecule has 1 unspecified atom stereocenters. The van der Waals surface area contributed by atoms with Crippen LogP contribution in [-0.2, 0) is 6.42 Å². The second-order valence-electron chi connectivity index (χ2n) is 5.17. The highest BCUT2D eigenvalue weighted by Crippen LogP contribution is 2.22. The summed E-state index contributed by atoms with van der Waals surface area (Å²) < 4.78 is 0. The van der Waals surface area contributed by atoms with Crippen LogP contribution in [-0.4, -0.2) is 11.0 Å². The van der Waals surface area contributed by atoms with Gasteiger partial charge in [0.2, 0.25) is 0 Å². The van der Waals surface area contributed by atoms with Crippen LogP contribution in [0.4, 0.5) is 11.4 Å². The van der Waals surface area contributed by atoms with Crippen LogP contribution < -0.4 is 5.32 Å². The van der Waals surface area contributed by atoms with Crippen LogP contribution in [0.5, 0.6) is 0 Å². The molecule has 22 heavy (non-hydrogen) atoms. The first-order valence-corrected chi connectivity index (χ1v) is 7.09. The molecule has 2 aromatic rings. The molecule has 5 heteroatoms. The van der Waals surface area contributed by atoms with Crippen LogP contribution in [0.15, 0.2) is 48.5 Å². The molecule has 0 saturated heterocycles. The summed E-state index contributed by atoms with van der Waals surface area (Å²) in [7, 11) is 0. The molecule has 0 amide bonds. The van der Waals surface area contributed by atoms with Gasteiger partial charge in [0.25, 0.3) is 5.69 Å². The standard InChI is InChI=1S/C17H17N3O2/c1-13(7-8-14-5-3-2-4-6-14)19-17-10-9-16(20(21)22)11-15(17)12-18/h2-6,9-11,13,19H,7-8H2,1H3. The Bertz CT molecular complexity index is 693. The summed E-state index contributed by atoms with van der Waals surface area (Å²) in [6.07, 6.45) is 1.84. The molecule has 2 aromatic carbocycles. The van der Waals surface area contributed by atoms with Crippen molar-refractivity contribution in [2.24, 2.45) is 0 Å². The zero-order chi connectivity index (χ0) is 15.9. The molecule has 0 bridgehead atoms. The van der Waals surface area contributed by atoms with Gasteiger partial charge >= 0.3 is 0 Å². The van der Waals surface area contributed by atoms with Gasteiger partial charge in [-0.05, 0) is 31.4 Å². The van der Waals surface area contributed by atoms with E-state index < -0.39 is 4.92 Å². The molecule has 0 saturated carbocycles. The number of benzene rings is 2. The highest BCUT2D eigenvalue weighted by Gasteiger charge is 2.12. The van der Waals surface area contributed by atoms with Crippen LogP contribution in [0, 0.1) is 21.4 Å². The van der Waals surface area contributed by atoms with Crippen LogP contribution in [0.25, 0.3) is 0 Å². The van der Waals surface area contributed by atoms with Gasteiger partial charge in [-0.1, -0.05) is 30.3 Å². The fourth-order valence-electron chi connectivity index (χ4n) is 2.23. The lowest BCUT2D eigenvalue weighted by molar-refractivity contribution is -0.384. The number of nitrogens with one attached hydrogen (secondary N) is 1. The minimum absolute atomic E-state index is 0.0703. The number of nitrogens with zero attached hydrogens (tertiary/aromatic N) is 2. The molecule has 0 heterocycles. The SMILES string of the molecule is CC(CCc1ccccc1)Nc1ccc([N+](=O)[O-])cc1C#N. The first-order valence-electron chi connectivity index (χ1n) is 7.09. The first kappa shape index (κ1) is 15.5. The van der Waals surface area contributed by atoms with Gasteiger partial charge in [-0.2, -0.15) is 5.26 Å². The zero-order valence-electron chi connectivity index (χ0n) is 12.3. The Morgan fingerprint density at radius 3 is 2.64 bits per heavy atom. The number of nitro groups is 1. The van der Waals surface area contributed by atoms with Crippen molar-refractivity contribution in [2.75, 3.05) is 5.32 Å². The van der Waals surface area contributed by atoms with E-state index in [9.17, 15) is 10.1 Å². The lowest BCUT2D eigenvalue weighted by Gasteiger charge is -2.16. The molecule has 0 aliphatic carbocycles. The maximum atomic E-state index is 10.7. The molecule has 112 valence electrons. The summed E-state index contributed by atoms with van der Waals surface area (Å²) in [4.78, 5) is 10.2. The number of anilines is 1. The van der Waals surface area contributed by atoms with E-state index in [1.165, 1.54) is 17.7 Å². The average molecular weight is 295 g/mol. The van der Waals surface area contributed by atoms with Crippen molar-refractivity contribution in [3.05, 3.63) is 69.8 Å². The fourth-order valence-corrected chi connectivity index (χ4v) is 2.23. The third-order valence-electron chi connectivity index (χ3n) is 3.45. The Kier molecular flexibility index (Phi) is 5.10. The van der Waals surface area contributed by atoms with E-state index in [0.29, 0.717) is 11.3 Å². The van der Waals surface area contributed by atoms with Gasteiger partial charge in [-0.3, -0.25) is 10.1 Å². The average Bonchev–Trinajstić information content (AvgIpc) is 2.54. The van der Waals surface area contributed by atoms with E-state index >= 15 is 0 Å². The quantitative estimate of drug-likeness (QED) is 0.647. The number of non-ortho nitro benzene ring substituents is 1. The monoisotopic (exact) mass is 295 g/mol. The second kappa shape index (κ2) is 7.23. The third-order valence-corrected chi connectivity index (χ3v) is 3.45. The van der Waals surface area contributed by atoms with Gasteiger partial charge in [0.05, 0.1) is 16.2 Å². The van der Waals surface area contributed by atoms with Crippen molar-refractivity contribution in [2.45, 2.75) is 25.8 Å². The maximum Gasteiger partial charge on any atom is 0.270 e. The molecular weight excluding hydrogens is 278 g/mol. The summed E-state index contributed by atoms with van der Waals surface area (Å²) in [6.45, 7) is 2.03. The van der Waals surface area contributed by atoms with E-state index in [1.54, 1.807) is 6.07 Å². The Morgan fingerprint density at radius 2 is 2.00 bits per heavy atom. The molecule has 0 aliphatic heterocycles. The molecular formula is C17H17N3O2. The van der Waals surface area contributed by atoms with Gasteiger partial charge < -0.3 is 5.32 Å². The van der Waals surface area contributed by atoms with Gasteiger partial charge in [0, 0.05) is 18.2 Å². The van der Waals surface area contributed by atoms with Crippen LogP contribution >= 0.6 is 0 Å². The molecule has 1 atom stereocenters. The molecule has 1 N–H and O–H groups in total. The zero-order valence-corrected chi connectivity index (χ0v) is 12.3. The van der Waals surface area contributed by atoms with Crippen molar-refractivity contribution >= 4 is 11.4 Å². The van der Waals surface area contributed by atoms with E-state index in [2.05, 4.69) is 17.4 Å². The van der Waals surface area contributed by atoms with E-state index in [1.807, 2.05) is 31.2 Å². The Labute approximate surface area is 129 Å². The van der Waals surface area contributed by atoms with Gasteiger partial charge in [-0.15, -0.1) is 0 Å². The Balaban J connectivity index is 2.01. The predicted molar refractivity (Wildman–Crippen MR) is 85.7 cm³/mol. The van der Waals surface area contributed by atoms with Crippen molar-refractivity contribution in [1.29, 1.82) is 5.26 Å². The Hall–Kier alpha value is -2.87. The third kappa shape index (κ3) is 4.06. The lowest BCUT2D eigenvalue weighted by Crippen LogP contribution is -2.16. The molecule has 0 aromatic heterocycles. The summed E-state index contributed by atoms with van der Waals surface area (Å²) in [6, 6.07) is 16.6. The molecule has 0 spiro atoms. The van der Waals surface area contributed by atoms with Gasteiger partial charge in [0.1, 0.15) is 6.07 Å². The number of hydrogen-bond acceptors (Lipinski definition) is 4. The molecule has 0 radical (unpaired) electrons. The fraction of sp³-hybridized carbons (Fsp3) is 0.235. The van der Waals surface area contributed by atoms with Crippen LogP contribution in [0.3, 0.4) is 0 Å². The first-order chi connectivity index (χ1) is 10.6. The minimum Gasteiger partial charge on any atom is -0.382 e.